The van der Waals surface area contributed by atoms with Gasteiger partial charge in [0.2, 0.25) is 0 Å². The van der Waals surface area contributed by atoms with Crippen LogP contribution in [-0.2, 0) is 11.3 Å². The number of halogens is 1. The van der Waals surface area contributed by atoms with E-state index in [1.165, 1.54) is 11.3 Å². The molecule has 15 heavy (non-hydrogen) atoms. The topological polar surface area (TPSA) is 59.6 Å². The average Bonchev–Trinajstić information content (AvgIpc) is 2.62. The first-order valence-corrected chi connectivity index (χ1v) is 5.68. The lowest BCUT2D eigenvalue weighted by molar-refractivity contribution is 0.204. The number of thiophene rings is 1. The van der Waals surface area contributed by atoms with E-state index in [0.29, 0.717) is 25.7 Å². The Morgan fingerprint density at radius 3 is 3.07 bits per heavy atom. The van der Waals surface area contributed by atoms with Gasteiger partial charge < -0.3 is 15.8 Å². The number of nitrogens with two attached hydrogens (primary N) is 1. The molecule has 0 bridgehead atoms. The second-order valence-electron chi connectivity index (χ2n) is 2.83. The second kappa shape index (κ2) is 6.66. The van der Waals surface area contributed by atoms with E-state index in [1.807, 2.05) is 12.1 Å². The highest BCUT2D eigenvalue weighted by Gasteiger charge is 1.97. The van der Waals surface area contributed by atoms with Gasteiger partial charge in [-0.25, -0.2) is 4.99 Å². The number of methoxy groups -OCH3 is 1. The Labute approximate surface area is 98.1 Å². The Kier molecular flexibility index (Phi) is 5.45. The lowest BCUT2D eigenvalue weighted by Gasteiger charge is -2.03. The monoisotopic (exact) mass is 247 g/mol. The van der Waals surface area contributed by atoms with Gasteiger partial charge in [-0.3, -0.25) is 0 Å². The Balaban J connectivity index is 2.30. The van der Waals surface area contributed by atoms with Crippen molar-refractivity contribution in [2.45, 2.75) is 6.54 Å². The molecular formula is C9H14ClN3OS. The van der Waals surface area contributed by atoms with Crippen LogP contribution in [0.15, 0.2) is 17.1 Å². The van der Waals surface area contributed by atoms with Crippen LogP contribution in [0.3, 0.4) is 0 Å². The van der Waals surface area contributed by atoms with Crippen LogP contribution in [0.2, 0.25) is 4.34 Å². The van der Waals surface area contributed by atoms with Gasteiger partial charge in [-0.15, -0.1) is 11.3 Å². The zero-order valence-corrected chi connectivity index (χ0v) is 10.1. The minimum Gasteiger partial charge on any atom is -0.383 e. The lowest BCUT2D eigenvalue weighted by Crippen LogP contribution is -2.34. The number of hydrogen-bond acceptors (Lipinski definition) is 3. The summed E-state index contributed by atoms with van der Waals surface area (Å²) in [7, 11) is 1.64. The van der Waals surface area contributed by atoms with Crippen molar-refractivity contribution < 1.29 is 4.74 Å². The highest BCUT2D eigenvalue weighted by atomic mass is 35.5. The molecule has 1 rings (SSSR count). The highest BCUT2D eigenvalue weighted by molar-refractivity contribution is 7.16. The zero-order chi connectivity index (χ0) is 11.1. The van der Waals surface area contributed by atoms with E-state index in [-0.39, 0.29) is 0 Å². The second-order valence-corrected chi connectivity index (χ2v) is 4.63. The minimum absolute atomic E-state index is 0.427. The SMILES string of the molecule is COCCNC(N)=NCc1ccc(Cl)s1. The number of ether oxygens (including phenoxy) is 1. The van der Waals surface area contributed by atoms with E-state index in [4.69, 9.17) is 22.1 Å². The maximum Gasteiger partial charge on any atom is 0.189 e. The molecule has 0 aromatic carbocycles. The summed E-state index contributed by atoms with van der Waals surface area (Å²) in [5, 5.41) is 2.94. The van der Waals surface area contributed by atoms with Crippen LogP contribution in [-0.4, -0.2) is 26.2 Å². The maximum atomic E-state index is 5.78. The van der Waals surface area contributed by atoms with E-state index in [2.05, 4.69) is 10.3 Å². The van der Waals surface area contributed by atoms with E-state index >= 15 is 0 Å². The summed E-state index contributed by atoms with van der Waals surface area (Å²) >= 11 is 7.29. The number of rotatable bonds is 5. The predicted octanol–water partition coefficient (Wildman–Crippen LogP) is 1.45. The minimum atomic E-state index is 0.427. The van der Waals surface area contributed by atoms with Crippen LogP contribution >= 0.6 is 22.9 Å². The van der Waals surface area contributed by atoms with Crippen LogP contribution in [0.5, 0.6) is 0 Å². The third-order valence-electron chi connectivity index (χ3n) is 1.65. The molecule has 84 valence electrons. The van der Waals surface area contributed by atoms with Gasteiger partial charge in [0.15, 0.2) is 5.96 Å². The molecule has 6 heteroatoms. The van der Waals surface area contributed by atoms with Crippen molar-refractivity contribution in [2.75, 3.05) is 20.3 Å². The van der Waals surface area contributed by atoms with Gasteiger partial charge in [-0.05, 0) is 12.1 Å². The Hall–Kier alpha value is -0.780. The van der Waals surface area contributed by atoms with Crippen molar-refractivity contribution in [3.05, 3.63) is 21.3 Å². The Bertz CT molecular complexity index is 327. The van der Waals surface area contributed by atoms with Gasteiger partial charge in [0.25, 0.3) is 0 Å². The van der Waals surface area contributed by atoms with Crippen molar-refractivity contribution in [2.24, 2.45) is 10.7 Å². The molecule has 0 aliphatic heterocycles. The van der Waals surface area contributed by atoms with Crippen molar-refractivity contribution in [1.82, 2.24) is 5.32 Å². The Morgan fingerprint density at radius 1 is 1.67 bits per heavy atom. The van der Waals surface area contributed by atoms with Crippen molar-refractivity contribution in [3.8, 4) is 0 Å². The molecule has 1 aromatic rings. The summed E-state index contributed by atoms with van der Waals surface area (Å²) in [5.74, 6) is 0.427. The number of aliphatic imine (C=N–C) groups is 1. The van der Waals surface area contributed by atoms with Crippen LogP contribution in [0.1, 0.15) is 4.88 Å². The number of guanidine groups is 1. The fourth-order valence-electron chi connectivity index (χ4n) is 0.937. The number of nitrogens with one attached hydrogen (secondary N) is 1. The highest BCUT2D eigenvalue weighted by Crippen LogP contribution is 2.21. The van der Waals surface area contributed by atoms with E-state index in [0.717, 1.165) is 9.21 Å². The third-order valence-corrected chi connectivity index (χ3v) is 2.86. The fourth-order valence-corrected chi connectivity index (χ4v) is 1.95. The molecule has 0 atom stereocenters. The summed E-state index contributed by atoms with van der Waals surface area (Å²) < 4.78 is 5.64. The standard InChI is InChI=1S/C9H14ClN3OS/c1-14-5-4-12-9(11)13-6-7-2-3-8(10)15-7/h2-3H,4-6H2,1H3,(H3,11,12,13). The Morgan fingerprint density at radius 2 is 2.47 bits per heavy atom. The van der Waals surface area contributed by atoms with E-state index in [9.17, 15) is 0 Å². The molecule has 0 saturated carbocycles. The molecule has 3 N–H and O–H groups in total. The molecule has 0 radical (unpaired) electrons. The molecule has 0 saturated heterocycles. The summed E-state index contributed by atoms with van der Waals surface area (Å²) in [6.45, 7) is 1.83. The van der Waals surface area contributed by atoms with E-state index in [1.54, 1.807) is 7.11 Å². The van der Waals surface area contributed by atoms with Gasteiger partial charge in [0, 0.05) is 18.5 Å². The van der Waals surface area contributed by atoms with Crippen molar-refractivity contribution in [1.29, 1.82) is 0 Å². The summed E-state index contributed by atoms with van der Waals surface area (Å²) in [5.41, 5.74) is 5.62. The third kappa shape index (κ3) is 5.01. The van der Waals surface area contributed by atoms with Gasteiger partial charge in [0.05, 0.1) is 17.5 Å². The fraction of sp³-hybridized carbons (Fsp3) is 0.444. The van der Waals surface area contributed by atoms with Gasteiger partial charge in [-0.2, -0.15) is 0 Å². The van der Waals surface area contributed by atoms with Crippen LogP contribution in [0.25, 0.3) is 0 Å². The molecule has 4 nitrogen and oxygen atoms in total. The van der Waals surface area contributed by atoms with Crippen LogP contribution in [0, 0.1) is 0 Å². The van der Waals surface area contributed by atoms with Crippen molar-refractivity contribution >= 4 is 28.9 Å². The first-order chi connectivity index (χ1) is 7.22. The van der Waals surface area contributed by atoms with Crippen LogP contribution in [0.4, 0.5) is 0 Å². The molecule has 1 heterocycles. The quantitative estimate of drug-likeness (QED) is 0.470. The summed E-state index contributed by atoms with van der Waals surface area (Å²) in [6.07, 6.45) is 0. The average molecular weight is 248 g/mol. The molecular weight excluding hydrogens is 234 g/mol. The van der Waals surface area contributed by atoms with E-state index < -0.39 is 0 Å². The predicted molar refractivity (Wildman–Crippen MR) is 64.5 cm³/mol. The first kappa shape index (κ1) is 12.3. The molecule has 1 aromatic heterocycles. The normalized spacial score (nSPS) is 11.7. The smallest absolute Gasteiger partial charge is 0.189 e. The molecule has 0 aliphatic rings. The van der Waals surface area contributed by atoms with Gasteiger partial charge in [-0.1, -0.05) is 11.6 Å². The maximum absolute atomic E-state index is 5.78. The molecule has 0 amide bonds. The zero-order valence-electron chi connectivity index (χ0n) is 8.50. The summed E-state index contributed by atoms with van der Waals surface area (Å²) in [6, 6.07) is 3.80. The molecule has 0 spiro atoms. The lowest BCUT2D eigenvalue weighted by atomic mass is 10.5. The summed E-state index contributed by atoms with van der Waals surface area (Å²) in [4.78, 5) is 5.25. The molecule has 0 fully saturated rings. The van der Waals surface area contributed by atoms with Crippen molar-refractivity contribution in [3.63, 3.8) is 0 Å². The number of nitrogens with zero attached hydrogens (tertiary/aromatic N) is 1. The van der Waals surface area contributed by atoms with Crippen LogP contribution < -0.4 is 11.1 Å². The number of hydrogen-bond donors (Lipinski definition) is 2. The van der Waals surface area contributed by atoms with Gasteiger partial charge in [0.1, 0.15) is 0 Å². The first-order valence-electron chi connectivity index (χ1n) is 4.49. The molecule has 0 unspecified atom stereocenters. The van der Waals surface area contributed by atoms with Gasteiger partial charge >= 0.3 is 0 Å². The largest absolute Gasteiger partial charge is 0.383 e. The molecule has 0 aliphatic carbocycles.